The van der Waals surface area contributed by atoms with Crippen LogP contribution in [0.15, 0.2) is 23.8 Å². The van der Waals surface area contributed by atoms with Crippen LogP contribution in [0, 0.1) is 5.41 Å². The third kappa shape index (κ3) is 4.03. The zero-order chi connectivity index (χ0) is 14.6. The third-order valence-corrected chi connectivity index (χ3v) is 3.98. The number of carbonyl (C=O) groups is 1. The van der Waals surface area contributed by atoms with Gasteiger partial charge in [-0.1, -0.05) is 31.9 Å². The molecular weight excluding hydrogens is 252 g/mol. The quantitative estimate of drug-likeness (QED) is 0.734. The predicted molar refractivity (Wildman–Crippen MR) is 79.4 cm³/mol. The number of ether oxygens (including phenoxy) is 2. The Morgan fingerprint density at radius 3 is 2.60 bits per heavy atom. The summed E-state index contributed by atoms with van der Waals surface area (Å²) in [6.07, 6.45) is 11.0. The first-order valence-corrected chi connectivity index (χ1v) is 7.63. The van der Waals surface area contributed by atoms with Gasteiger partial charge in [-0.2, -0.15) is 0 Å². The van der Waals surface area contributed by atoms with Crippen molar-refractivity contribution in [2.75, 3.05) is 13.2 Å². The van der Waals surface area contributed by atoms with Gasteiger partial charge >= 0.3 is 0 Å². The van der Waals surface area contributed by atoms with Crippen molar-refractivity contribution in [1.82, 2.24) is 0 Å². The minimum Gasteiger partial charge on any atom is -0.350 e. The topological polar surface area (TPSA) is 35.5 Å². The van der Waals surface area contributed by atoms with Crippen molar-refractivity contribution in [3.05, 3.63) is 23.8 Å². The molecule has 112 valence electrons. The van der Waals surface area contributed by atoms with E-state index in [2.05, 4.69) is 19.1 Å². The Hall–Kier alpha value is -0.930. The van der Waals surface area contributed by atoms with E-state index >= 15 is 0 Å². The van der Waals surface area contributed by atoms with Crippen molar-refractivity contribution >= 4 is 5.78 Å². The van der Waals surface area contributed by atoms with Crippen LogP contribution < -0.4 is 0 Å². The van der Waals surface area contributed by atoms with Gasteiger partial charge in [-0.15, -0.1) is 0 Å². The van der Waals surface area contributed by atoms with Crippen LogP contribution in [0.5, 0.6) is 0 Å². The largest absolute Gasteiger partial charge is 0.350 e. The summed E-state index contributed by atoms with van der Waals surface area (Å²) in [5.74, 6) is -0.328. The average molecular weight is 278 g/mol. The zero-order valence-electron chi connectivity index (χ0n) is 12.9. The number of allylic oxidation sites excluding steroid dienone is 4. The van der Waals surface area contributed by atoms with Gasteiger partial charge in [0.15, 0.2) is 11.6 Å². The molecule has 0 amide bonds. The summed E-state index contributed by atoms with van der Waals surface area (Å²) in [6.45, 7) is 7.24. The first kappa shape index (κ1) is 15.5. The average Bonchev–Trinajstić information content (AvgIpc) is 2.38. The van der Waals surface area contributed by atoms with E-state index in [9.17, 15) is 4.79 Å². The maximum absolute atomic E-state index is 12.0. The molecule has 20 heavy (non-hydrogen) atoms. The second kappa shape index (κ2) is 6.23. The van der Waals surface area contributed by atoms with Crippen LogP contribution in [0.4, 0.5) is 0 Å². The first-order valence-electron chi connectivity index (χ1n) is 7.63. The molecule has 1 aliphatic heterocycles. The molecule has 1 saturated heterocycles. The molecule has 2 rings (SSSR count). The van der Waals surface area contributed by atoms with Gasteiger partial charge in [-0.05, 0) is 38.3 Å². The highest BCUT2D eigenvalue weighted by Gasteiger charge is 2.43. The molecule has 0 saturated carbocycles. The lowest BCUT2D eigenvalue weighted by atomic mass is 9.74. The third-order valence-electron chi connectivity index (χ3n) is 3.98. The maximum Gasteiger partial charge on any atom is 0.162 e. The number of hydrogen-bond donors (Lipinski definition) is 0. The molecule has 3 heteroatoms. The summed E-state index contributed by atoms with van der Waals surface area (Å²) < 4.78 is 11.5. The lowest BCUT2D eigenvalue weighted by Crippen LogP contribution is -2.48. The van der Waals surface area contributed by atoms with Gasteiger partial charge in [0.05, 0.1) is 13.2 Å². The van der Waals surface area contributed by atoms with Crippen molar-refractivity contribution in [2.45, 2.75) is 58.7 Å². The molecule has 0 radical (unpaired) electrons. The van der Waals surface area contributed by atoms with Crippen molar-refractivity contribution in [1.29, 1.82) is 0 Å². The fourth-order valence-electron chi connectivity index (χ4n) is 2.78. The maximum atomic E-state index is 12.0. The fourth-order valence-corrected chi connectivity index (χ4v) is 2.78. The lowest BCUT2D eigenvalue weighted by molar-refractivity contribution is -0.285. The molecule has 2 aliphatic rings. The highest BCUT2D eigenvalue weighted by molar-refractivity contribution is 5.92. The molecule has 0 aromatic carbocycles. The van der Waals surface area contributed by atoms with E-state index in [-0.39, 0.29) is 11.2 Å². The van der Waals surface area contributed by atoms with Gasteiger partial charge in [-0.25, -0.2) is 0 Å². The van der Waals surface area contributed by atoms with Gasteiger partial charge in [0.25, 0.3) is 0 Å². The molecule has 1 fully saturated rings. The molecule has 0 bridgehead atoms. The highest BCUT2D eigenvalue weighted by Crippen LogP contribution is 2.40. The second-order valence-electron chi connectivity index (χ2n) is 6.56. The molecule has 3 nitrogen and oxygen atoms in total. The molecule has 0 N–H and O–H groups in total. The fraction of sp³-hybridized carbons (Fsp3) is 0.706. The molecule has 0 atom stereocenters. The van der Waals surface area contributed by atoms with E-state index in [1.807, 2.05) is 13.8 Å². The minimum atomic E-state index is -0.521. The standard InChI is InChI=1S/C17H26O3/c1-4-5-6-7-8-14-9-15(18)11-17(10-14)12-19-16(2,3)20-13-17/h7-9H,4-6,10-13H2,1-3H3/b8-7+. The summed E-state index contributed by atoms with van der Waals surface area (Å²) >= 11 is 0. The van der Waals surface area contributed by atoms with E-state index in [0.29, 0.717) is 19.6 Å². The van der Waals surface area contributed by atoms with Gasteiger partial charge in [0.1, 0.15) is 0 Å². The first-order chi connectivity index (χ1) is 9.45. The van der Waals surface area contributed by atoms with Gasteiger partial charge in [-0.3, -0.25) is 4.79 Å². The minimum absolute atomic E-state index is 0.161. The van der Waals surface area contributed by atoms with Crippen LogP contribution in [0.25, 0.3) is 0 Å². The Kier molecular flexibility index (Phi) is 4.82. The van der Waals surface area contributed by atoms with E-state index in [4.69, 9.17) is 9.47 Å². The predicted octanol–water partition coefficient (Wildman–Crippen LogP) is 3.79. The van der Waals surface area contributed by atoms with Crippen LogP contribution in [0.1, 0.15) is 52.9 Å². The summed E-state index contributed by atoms with van der Waals surface area (Å²) in [5.41, 5.74) is 0.954. The van der Waals surface area contributed by atoms with Crippen molar-refractivity contribution in [3.8, 4) is 0 Å². The SMILES string of the molecule is CCCC/C=C/C1=CC(=O)CC2(COC(C)(C)OC2)C1. The van der Waals surface area contributed by atoms with Crippen molar-refractivity contribution < 1.29 is 14.3 Å². The number of rotatable bonds is 4. The van der Waals surface area contributed by atoms with Crippen LogP contribution >= 0.6 is 0 Å². The van der Waals surface area contributed by atoms with E-state index in [0.717, 1.165) is 18.4 Å². The Balaban J connectivity index is 2.00. The monoisotopic (exact) mass is 278 g/mol. The van der Waals surface area contributed by atoms with Crippen LogP contribution in [-0.4, -0.2) is 24.8 Å². The Bertz CT molecular complexity index is 408. The molecule has 0 aromatic rings. The van der Waals surface area contributed by atoms with Gasteiger partial charge in [0, 0.05) is 11.8 Å². The number of carbonyl (C=O) groups excluding carboxylic acids is 1. The van der Waals surface area contributed by atoms with E-state index in [1.54, 1.807) is 6.08 Å². The lowest BCUT2D eigenvalue weighted by Gasteiger charge is -2.44. The summed E-state index contributed by atoms with van der Waals surface area (Å²) in [7, 11) is 0. The van der Waals surface area contributed by atoms with Gasteiger partial charge in [0.2, 0.25) is 0 Å². The molecule has 1 spiro atoms. The summed E-state index contributed by atoms with van der Waals surface area (Å²) in [6, 6.07) is 0. The summed E-state index contributed by atoms with van der Waals surface area (Å²) in [4.78, 5) is 12.0. The van der Waals surface area contributed by atoms with Crippen LogP contribution in [-0.2, 0) is 14.3 Å². The Labute approximate surface area is 122 Å². The molecule has 0 aromatic heterocycles. The number of hydrogen-bond acceptors (Lipinski definition) is 3. The normalized spacial score (nSPS) is 25.1. The smallest absolute Gasteiger partial charge is 0.162 e. The zero-order valence-corrected chi connectivity index (χ0v) is 12.9. The number of unbranched alkanes of at least 4 members (excludes halogenated alkanes) is 2. The van der Waals surface area contributed by atoms with Crippen molar-refractivity contribution in [2.24, 2.45) is 5.41 Å². The Morgan fingerprint density at radius 2 is 1.95 bits per heavy atom. The summed E-state index contributed by atoms with van der Waals surface area (Å²) in [5, 5.41) is 0. The van der Waals surface area contributed by atoms with Crippen LogP contribution in [0.2, 0.25) is 0 Å². The van der Waals surface area contributed by atoms with Crippen LogP contribution in [0.3, 0.4) is 0 Å². The van der Waals surface area contributed by atoms with E-state index in [1.165, 1.54) is 12.8 Å². The van der Waals surface area contributed by atoms with E-state index < -0.39 is 5.79 Å². The second-order valence-corrected chi connectivity index (χ2v) is 6.56. The highest BCUT2D eigenvalue weighted by atomic mass is 16.7. The molecule has 1 heterocycles. The molecule has 1 aliphatic carbocycles. The molecule has 0 unspecified atom stereocenters. The van der Waals surface area contributed by atoms with Crippen molar-refractivity contribution in [3.63, 3.8) is 0 Å². The number of ketones is 1. The van der Waals surface area contributed by atoms with Gasteiger partial charge < -0.3 is 9.47 Å². The Morgan fingerprint density at radius 1 is 1.25 bits per heavy atom. The molecular formula is C17H26O3.